The van der Waals surface area contributed by atoms with Crippen molar-refractivity contribution < 1.29 is 0 Å². The summed E-state index contributed by atoms with van der Waals surface area (Å²) in [5.41, 5.74) is 1.53. The fraction of sp³-hybridized carbons (Fsp3) is 0.182. The van der Waals surface area contributed by atoms with E-state index >= 15 is 0 Å². The SMILES string of the molecule is C=N/C(=C\C=C/C)c1ncc(CCl)cn1. The molecule has 0 fully saturated rings. The van der Waals surface area contributed by atoms with Gasteiger partial charge in [0, 0.05) is 18.0 Å². The lowest BCUT2D eigenvalue weighted by Gasteiger charge is -1.99. The number of hydrogen-bond donors (Lipinski definition) is 0. The highest BCUT2D eigenvalue weighted by Crippen LogP contribution is 2.10. The Kier molecular flexibility index (Phi) is 4.71. The molecule has 0 amide bonds. The third-order valence-electron chi connectivity index (χ3n) is 1.71. The van der Waals surface area contributed by atoms with Crippen LogP contribution in [0.15, 0.2) is 35.6 Å². The van der Waals surface area contributed by atoms with Crippen LogP contribution in [-0.4, -0.2) is 16.7 Å². The smallest absolute Gasteiger partial charge is 0.178 e. The van der Waals surface area contributed by atoms with E-state index in [2.05, 4.69) is 21.7 Å². The first-order valence-electron chi connectivity index (χ1n) is 4.48. The molecule has 1 heterocycles. The number of aromatic nitrogens is 2. The van der Waals surface area contributed by atoms with Gasteiger partial charge in [0.2, 0.25) is 0 Å². The molecule has 4 heteroatoms. The van der Waals surface area contributed by atoms with Crippen molar-refractivity contribution in [2.24, 2.45) is 4.99 Å². The second-order valence-electron chi connectivity index (χ2n) is 2.78. The Balaban J connectivity index is 2.97. The Morgan fingerprint density at radius 1 is 1.53 bits per heavy atom. The van der Waals surface area contributed by atoms with Crippen LogP contribution in [0.2, 0.25) is 0 Å². The maximum absolute atomic E-state index is 5.63. The molecule has 1 aromatic heterocycles. The maximum Gasteiger partial charge on any atom is 0.178 e. The highest BCUT2D eigenvalue weighted by molar-refractivity contribution is 6.17. The summed E-state index contributed by atoms with van der Waals surface area (Å²) in [6, 6.07) is 0. The van der Waals surface area contributed by atoms with Crippen molar-refractivity contribution in [3.8, 4) is 0 Å². The lowest BCUT2D eigenvalue weighted by atomic mass is 10.3. The Hall–Kier alpha value is -1.48. The van der Waals surface area contributed by atoms with Crippen LogP contribution in [0.4, 0.5) is 0 Å². The first kappa shape index (κ1) is 11.6. The molecular weight excluding hydrogens is 210 g/mol. The van der Waals surface area contributed by atoms with Gasteiger partial charge in [0.25, 0.3) is 0 Å². The summed E-state index contributed by atoms with van der Waals surface area (Å²) < 4.78 is 0. The summed E-state index contributed by atoms with van der Waals surface area (Å²) in [5.74, 6) is 0.965. The van der Waals surface area contributed by atoms with Gasteiger partial charge in [-0.05, 0) is 19.7 Å². The minimum atomic E-state index is 0.412. The zero-order valence-electron chi connectivity index (χ0n) is 8.52. The van der Waals surface area contributed by atoms with Crippen molar-refractivity contribution in [3.05, 3.63) is 42.0 Å². The molecule has 0 bridgehead atoms. The number of allylic oxidation sites excluding steroid dienone is 3. The molecule has 0 N–H and O–H groups in total. The van der Waals surface area contributed by atoms with Crippen molar-refractivity contribution in [2.45, 2.75) is 12.8 Å². The Morgan fingerprint density at radius 2 is 2.20 bits per heavy atom. The first-order valence-corrected chi connectivity index (χ1v) is 5.02. The van der Waals surface area contributed by atoms with E-state index in [9.17, 15) is 0 Å². The summed E-state index contributed by atoms with van der Waals surface area (Å²) >= 11 is 5.63. The minimum Gasteiger partial charge on any atom is -0.261 e. The van der Waals surface area contributed by atoms with Gasteiger partial charge in [-0.15, -0.1) is 11.6 Å². The average molecular weight is 222 g/mol. The van der Waals surface area contributed by atoms with Crippen LogP contribution in [0.1, 0.15) is 18.3 Å². The lowest BCUT2D eigenvalue weighted by Crippen LogP contribution is -1.93. The van der Waals surface area contributed by atoms with E-state index in [1.807, 2.05) is 25.2 Å². The molecule has 0 spiro atoms. The third kappa shape index (κ3) is 3.29. The molecule has 0 saturated carbocycles. The number of alkyl halides is 1. The standard InChI is InChI=1S/C11H12ClN3/c1-3-4-5-10(13-2)11-14-7-9(6-12)8-15-11/h3-5,7-8H,2,6H2,1H3/b4-3-,10-5-. The number of nitrogens with zero attached hydrogens (tertiary/aromatic N) is 3. The monoisotopic (exact) mass is 221 g/mol. The molecule has 0 aliphatic carbocycles. The predicted octanol–water partition coefficient (Wildman–Crippen LogP) is 2.83. The van der Waals surface area contributed by atoms with Crippen molar-refractivity contribution in [3.63, 3.8) is 0 Å². The largest absolute Gasteiger partial charge is 0.261 e. The van der Waals surface area contributed by atoms with Crippen LogP contribution >= 0.6 is 11.6 Å². The Morgan fingerprint density at radius 3 is 2.67 bits per heavy atom. The van der Waals surface area contributed by atoms with Crippen molar-refractivity contribution in [2.75, 3.05) is 0 Å². The van der Waals surface area contributed by atoms with Crippen LogP contribution in [0, 0.1) is 0 Å². The van der Waals surface area contributed by atoms with Gasteiger partial charge in [0.15, 0.2) is 5.82 Å². The number of rotatable bonds is 4. The summed E-state index contributed by atoms with van der Waals surface area (Å²) in [6.07, 6.45) is 8.94. The van der Waals surface area contributed by atoms with Gasteiger partial charge >= 0.3 is 0 Å². The van der Waals surface area contributed by atoms with Crippen LogP contribution in [-0.2, 0) is 5.88 Å². The van der Waals surface area contributed by atoms with Crippen LogP contribution in [0.3, 0.4) is 0 Å². The van der Waals surface area contributed by atoms with Gasteiger partial charge in [-0.25, -0.2) is 9.97 Å². The fourth-order valence-electron chi connectivity index (χ4n) is 0.941. The van der Waals surface area contributed by atoms with E-state index in [0.717, 1.165) is 5.56 Å². The van der Waals surface area contributed by atoms with E-state index in [1.165, 1.54) is 0 Å². The van der Waals surface area contributed by atoms with E-state index < -0.39 is 0 Å². The van der Waals surface area contributed by atoms with Crippen LogP contribution < -0.4 is 0 Å². The maximum atomic E-state index is 5.63. The highest BCUT2D eigenvalue weighted by atomic mass is 35.5. The molecule has 0 aromatic carbocycles. The first-order chi connectivity index (χ1) is 7.31. The molecule has 1 rings (SSSR count). The summed E-state index contributed by atoms with van der Waals surface area (Å²) in [4.78, 5) is 12.1. The van der Waals surface area contributed by atoms with Gasteiger partial charge in [-0.3, -0.25) is 4.99 Å². The predicted molar refractivity (Wildman–Crippen MR) is 63.9 cm³/mol. The number of hydrogen-bond acceptors (Lipinski definition) is 3. The molecule has 15 heavy (non-hydrogen) atoms. The van der Waals surface area contributed by atoms with Gasteiger partial charge in [0.1, 0.15) is 5.70 Å². The van der Waals surface area contributed by atoms with E-state index in [4.69, 9.17) is 11.6 Å². The second-order valence-corrected chi connectivity index (χ2v) is 3.05. The number of aliphatic imine (C=N–C) groups is 1. The van der Waals surface area contributed by atoms with Gasteiger partial charge in [-0.1, -0.05) is 12.2 Å². The highest BCUT2D eigenvalue weighted by Gasteiger charge is 2.01. The van der Waals surface area contributed by atoms with Gasteiger partial charge in [-0.2, -0.15) is 0 Å². The van der Waals surface area contributed by atoms with Crippen molar-refractivity contribution in [1.82, 2.24) is 9.97 Å². The summed E-state index contributed by atoms with van der Waals surface area (Å²) in [7, 11) is 0. The molecule has 0 atom stereocenters. The zero-order chi connectivity index (χ0) is 11.1. The molecule has 0 aliphatic rings. The second kappa shape index (κ2) is 6.09. The fourth-order valence-corrected chi connectivity index (χ4v) is 1.08. The molecular formula is C11H12ClN3. The van der Waals surface area contributed by atoms with Gasteiger partial charge in [0.05, 0.1) is 5.88 Å². The molecule has 0 saturated heterocycles. The van der Waals surface area contributed by atoms with E-state index in [0.29, 0.717) is 17.4 Å². The van der Waals surface area contributed by atoms with E-state index in [-0.39, 0.29) is 0 Å². The number of halogens is 1. The molecule has 1 aromatic rings. The Bertz CT molecular complexity index is 379. The normalized spacial score (nSPS) is 12.0. The molecule has 0 radical (unpaired) electrons. The van der Waals surface area contributed by atoms with Crippen molar-refractivity contribution in [1.29, 1.82) is 0 Å². The average Bonchev–Trinajstić information content (AvgIpc) is 2.31. The molecule has 0 aliphatic heterocycles. The van der Waals surface area contributed by atoms with Crippen LogP contribution in [0.5, 0.6) is 0 Å². The molecule has 0 unspecified atom stereocenters. The third-order valence-corrected chi connectivity index (χ3v) is 2.01. The minimum absolute atomic E-state index is 0.412. The van der Waals surface area contributed by atoms with Crippen molar-refractivity contribution >= 4 is 24.0 Å². The Labute approximate surface area is 94.2 Å². The summed E-state index contributed by atoms with van der Waals surface area (Å²) in [6.45, 7) is 5.40. The lowest BCUT2D eigenvalue weighted by molar-refractivity contribution is 1.07. The molecule has 78 valence electrons. The summed E-state index contributed by atoms with van der Waals surface area (Å²) in [5, 5.41) is 0. The van der Waals surface area contributed by atoms with E-state index in [1.54, 1.807) is 12.4 Å². The zero-order valence-corrected chi connectivity index (χ0v) is 9.28. The topological polar surface area (TPSA) is 38.1 Å². The van der Waals surface area contributed by atoms with Crippen LogP contribution in [0.25, 0.3) is 5.70 Å². The quantitative estimate of drug-likeness (QED) is 0.446. The molecule has 3 nitrogen and oxygen atoms in total. The van der Waals surface area contributed by atoms with Gasteiger partial charge < -0.3 is 0 Å².